The maximum absolute atomic E-state index is 11.0. The maximum Gasteiger partial charge on any atom is 0.488 e. The van der Waals surface area contributed by atoms with E-state index in [9.17, 15) is 4.79 Å². The van der Waals surface area contributed by atoms with Crippen molar-refractivity contribution >= 4 is 18.6 Å². The van der Waals surface area contributed by atoms with Gasteiger partial charge in [0.2, 0.25) is 0 Å². The zero-order valence-electron chi connectivity index (χ0n) is 9.60. The second kappa shape index (κ2) is 7.87. The predicted octanol–water partition coefficient (Wildman–Crippen LogP) is -1.01. The highest BCUT2D eigenvalue weighted by Crippen LogP contribution is 1.98. The monoisotopic (exact) mass is 225 g/mol. The van der Waals surface area contributed by atoms with Crippen LogP contribution in [-0.4, -0.2) is 44.3 Å². The SMILES string of the molecule is CNC.COC(=O)c1cccc(B(O)O)c1. The molecule has 0 amide bonds. The molecule has 0 aliphatic heterocycles. The molecule has 6 heteroatoms. The van der Waals surface area contributed by atoms with Crippen molar-refractivity contribution in [2.24, 2.45) is 0 Å². The molecule has 0 aliphatic carbocycles. The molecule has 0 saturated heterocycles. The second-order valence-corrected chi connectivity index (χ2v) is 2.99. The van der Waals surface area contributed by atoms with Crippen molar-refractivity contribution in [3.8, 4) is 0 Å². The van der Waals surface area contributed by atoms with E-state index in [0.29, 0.717) is 5.56 Å². The number of methoxy groups -OCH3 is 1. The Balaban J connectivity index is 0.000000673. The van der Waals surface area contributed by atoms with Crippen LogP contribution in [-0.2, 0) is 4.74 Å². The summed E-state index contributed by atoms with van der Waals surface area (Å²) < 4.78 is 4.47. The summed E-state index contributed by atoms with van der Waals surface area (Å²) >= 11 is 0. The molecule has 0 radical (unpaired) electrons. The van der Waals surface area contributed by atoms with Crippen LogP contribution >= 0.6 is 0 Å². The standard InChI is InChI=1S/C8H9BO4.C2H7N/c1-13-8(10)6-3-2-4-7(5-6)9(11)12;1-3-2/h2-5,11-12H,1H3;3H,1-2H3. The largest absolute Gasteiger partial charge is 0.488 e. The summed E-state index contributed by atoms with van der Waals surface area (Å²) in [6, 6.07) is 5.98. The third-order valence-electron chi connectivity index (χ3n) is 1.61. The number of hydrogen-bond donors (Lipinski definition) is 3. The van der Waals surface area contributed by atoms with Crippen LogP contribution in [0.25, 0.3) is 0 Å². The lowest BCUT2D eigenvalue weighted by Gasteiger charge is -2.02. The quantitative estimate of drug-likeness (QED) is 0.444. The number of carbonyl (C=O) groups excluding carboxylic acids is 1. The number of hydrogen-bond acceptors (Lipinski definition) is 5. The summed E-state index contributed by atoms with van der Waals surface area (Å²) in [4.78, 5) is 11.0. The fraction of sp³-hybridized carbons (Fsp3) is 0.300. The van der Waals surface area contributed by atoms with Crippen LogP contribution in [0.2, 0.25) is 0 Å². The van der Waals surface area contributed by atoms with Crippen LogP contribution in [0.4, 0.5) is 0 Å². The number of carbonyl (C=O) groups is 1. The molecule has 0 unspecified atom stereocenters. The van der Waals surface area contributed by atoms with E-state index in [1.165, 1.54) is 25.3 Å². The van der Waals surface area contributed by atoms with Crippen molar-refractivity contribution in [1.82, 2.24) is 5.32 Å². The van der Waals surface area contributed by atoms with Gasteiger partial charge in [-0.1, -0.05) is 12.1 Å². The fourth-order valence-corrected chi connectivity index (χ4v) is 0.944. The van der Waals surface area contributed by atoms with E-state index in [-0.39, 0.29) is 5.46 Å². The molecule has 0 aliphatic rings. The summed E-state index contributed by atoms with van der Waals surface area (Å²) in [7, 11) is 3.45. The summed E-state index contributed by atoms with van der Waals surface area (Å²) in [5, 5.41) is 20.4. The number of ether oxygens (including phenoxy) is 1. The van der Waals surface area contributed by atoms with Gasteiger partial charge in [0.05, 0.1) is 12.7 Å². The van der Waals surface area contributed by atoms with Gasteiger partial charge in [-0.15, -0.1) is 0 Å². The summed E-state index contributed by atoms with van der Waals surface area (Å²) in [5.74, 6) is -0.498. The van der Waals surface area contributed by atoms with E-state index < -0.39 is 13.1 Å². The van der Waals surface area contributed by atoms with Gasteiger partial charge in [0.25, 0.3) is 0 Å². The average Bonchev–Trinajstić information content (AvgIpc) is 2.29. The van der Waals surface area contributed by atoms with Crippen molar-refractivity contribution in [2.45, 2.75) is 0 Å². The van der Waals surface area contributed by atoms with Gasteiger partial charge in [-0.2, -0.15) is 0 Å². The molecule has 1 aromatic rings. The van der Waals surface area contributed by atoms with Gasteiger partial charge in [0, 0.05) is 0 Å². The molecule has 88 valence electrons. The van der Waals surface area contributed by atoms with E-state index in [2.05, 4.69) is 10.1 Å². The lowest BCUT2D eigenvalue weighted by Crippen LogP contribution is -2.30. The summed E-state index contributed by atoms with van der Waals surface area (Å²) in [5.41, 5.74) is 0.566. The second-order valence-electron chi connectivity index (χ2n) is 2.99. The Morgan fingerprint density at radius 2 is 1.94 bits per heavy atom. The van der Waals surface area contributed by atoms with Crippen LogP contribution < -0.4 is 10.8 Å². The highest BCUT2D eigenvalue weighted by atomic mass is 16.5. The van der Waals surface area contributed by atoms with Gasteiger partial charge in [0.15, 0.2) is 0 Å². The molecule has 0 fully saturated rings. The fourth-order valence-electron chi connectivity index (χ4n) is 0.944. The summed E-state index contributed by atoms with van der Waals surface area (Å²) in [6.45, 7) is 0. The number of esters is 1. The Labute approximate surface area is 95.2 Å². The van der Waals surface area contributed by atoms with Gasteiger partial charge in [0.1, 0.15) is 0 Å². The van der Waals surface area contributed by atoms with E-state index >= 15 is 0 Å². The first-order valence-electron chi connectivity index (χ1n) is 4.69. The Morgan fingerprint density at radius 3 is 2.38 bits per heavy atom. The zero-order chi connectivity index (χ0) is 12.6. The number of rotatable bonds is 2. The van der Waals surface area contributed by atoms with E-state index in [0.717, 1.165) is 0 Å². The highest BCUT2D eigenvalue weighted by molar-refractivity contribution is 6.58. The van der Waals surface area contributed by atoms with E-state index in [4.69, 9.17) is 10.0 Å². The zero-order valence-corrected chi connectivity index (χ0v) is 9.60. The maximum atomic E-state index is 11.0. The molecule has 0 bridgehead atoms. The van der Waals surface area contributed by atoms with E-state index in [1.54, 1.807) is 6.07 Å². The van der Waals surface area contributed by atoms with Gasteiger partial charge in [-0.25, -0.2) is 4.79 Å². The van der Waals surface area contributed by atoms with Crippen molar-refractivity contribution in [3.63, 3.8) is 0 Å². The molecule has 0 heterocycles. The van der Waals surface area contributed by atoms with Crippen LogP contribution in [0, 0.1) is 0 Å². The third kappa shape index (κ3) is 4.93. The van der Waals surface area contributed by atoms with E-state index in [1.807, 2.05) is 14.1 Å². The van der Waals surface area contributed by atoms with Crippen LogP contribution in [0.3, 0.4) is 0 Å². The molecule has 5 nitrogen and oxygen atoms in total. The smallest absolute Gasteiger partial charge is 0.465 e. The minimum atomic E-state index is -1.57. The van der Waals surface area contributed by atoms with Crippen molar-refractivity contribution in [2.75, 3.05) is 21.2 Å². The molecule has 1 aromatic carbocycles. The topological polar surface area (TPSA) is 78.8 Å². The molecule has 3 N–H and O–H groups in total. The lowest BCUT2D eigenvalue weighted by atomic mass is 9.80. The third-order valence-corrected chi connectivity index (χ3v) is 1.61. The molecule has 0 atom stereocenters. The molecular weight excluding hydrogens is 209 g/mol. The molecule has 16 heavy (non-hydrogen) atoms. The van der Waals surface area contributed by atoms with Crippen molar-refractivity contribution in [3.05, 3.63) is 29.8 Å². The average molecular weight is 225 g/mol. The first kappa shape index (κ1) is 14.6. The first-order chi connectivity index (χ1) is 7.56. The minimum Gasteiger partial charge on any atom is -0.465 e. The normalized spacial score (nSPS) is 8.81. The number of nitrogens with one attached hydrogen (secondary N) is 1. The Bertz CT molecular complexity index is 330. The first-order valence-corrected chi connectivity index (χ1v) is 4.69. The molecule has 0 spiro atoms. The Morgan fingerprint density at radius 1 is 1.38 bits per heavy atom. The molecular formula is C10H16BNO4. The predicted molar refractivity (Wildman–Crippen MR) is 62.6 cm³/mol. The molecule has 1 rings (SSSR count). The van der Waals surface area contributed by atoms with Crippen molar-refractivity contribution < 1.29 is 19.6 Å². The molecule has 0 saturated carbocycles. The van der Waals surface area contributed by atoms with Gasteiger partial charge in [-0.3, -0.25) is 0 Å². The lowest BCUT2D eigenvalue weighted by molar-refractivity contribution is 0.0601. The van der Waals surface area contributed by atoms with Gasteiger partial charge < -0.3 is 20.1 Å². The Kier molecular flexibility index (Phi) is 7.19. The van der Waals surface area contributed by atoms with Crippen LogP contribution in [0.5, 0.6) is 0 Å². The van der Waals surface area contributed by atoms with Gasteiger partial charge in [-0.05, 0) is 31.7 Å². The molecule has 0 aromatic heterocycles. The minimum absolute atomic E-state index is 0.267. The van der Waals surface area contributed by atoms with Crippen LogP contribution in [0.1, 0.15) is 10.4 Å². The Hall–Kier alpha value is -1.37. The highest BCUT2D eigenvalue weighted by Gasteiger charge is 2.13. The van der Waals surface area contributed by atoms with Gasteiger partial charge >= 0.3 is 13.1 Å². The van der Waals surface area contributed by atoms with Crippen LogP contribution in [0.15, 0.2) is 24.3 Å². The van der Waals surface area contributed by atoms with Crippen molar-refractivity contribution in [1.29, 1.82) is 0 Å². The number of benzene rings is 1. The summed E-state index contributed by atoms with van der Waals surface area (Å²) in [6.07, 6.45) is 0.